The van der Waals surface area contributed by atoms with Crippen molar-refractivity contribution in [3.63, 3.8) is 0 Å². The van der Waals surface area contributed by atoms with E-state index in [9.17, 15) is 4.79 Å². The second-order valence-corrected chi connectivity index (χ2v) is 16.7. The first-order valence-corrected chi connectivity index (χ1v) is 21.5. The lowest BCUT2D eigenvalue weighted by atomic mass is 9.77. The van der Waals surface area contributed by atoms with Crippen molar-refractivity contribution in [3.05, 3.63) is 119 Å². The van der Waals surface area contributed by atoms with Crippen molar-refractivity contribution >= 4 is 5.78 Å². The highest BCUT2D eigenvalue weighted by atomic mass is 16.1. The van der Waals surface area contributed by atoms with Gasteiger partial charge in [0.25, 0.3) is 0 Å². The number of benzene rings is 4. The van der Waals surface area contributed by atoms with Crippen LogP contribution < -0.4 is 0 Å². The zero-order valence-corrected chi connectivity index (χ0v) is 32.6. The Kier molecular flexibility index (Phi) is 14.8. The number of Topliss-reactive ketones (excluding diaryl/α,β-unsaturated/α-hetero) is 1. The summed E-state index contributed by atoms with van der Waals surface area (Å²) in [5.74, 6) is 3.62. The molecule has 0 aliphatic heterocycles. The highest BCUT2D eigenvalue weighted by molar-refractivity contribution is 5.83. The summed E-state index contributed by atoms with van der Waals surface area (Å²) in [5.41, 5.74) is 10.2. The van der Waals surface area contributed by atoms with Crippen molar-refractivity contribution in [2.75, 3.05) is 0 Å². The maximum atomic E-state index is 13.1. The van der Waals surface area contributed by atoms with E-state index in [2.05, 4.69) is 111 Å². The maximum absolute atomic E-state index is 13.1. The van der Waals surface area contributed by atoms with Crippen molar-refractivity contribution in [1.29, 1.82) is 0 Å². The van der Waals surface area contributed by atoms with Crippen molar-refractivity contribution in [2.45, 2.75) is 154 Å². The standard InChI is InChI=1S/C51H66O/c1-3-5-7-9-11-39-13-21-43(22-14-39)47-29-33-49(34-30-47)45-25-17-41(18-26-45)37-51(52)38-42-19-27-46(28-20-42)50-35-31-48(32-36-50)44-23-15-40(16-24-44)12-10-8-6-4-2/h17-20,25-36,39-40,43-44H,3-16,21-24,37-38H2,1-2H3. The third-order valence-electron chi connectivity index (χ3n) is 12.8. The topological polar surface area (TPSA) is 17.1 Å². The van der Waals surface area contributed by atoms with Gasteiger partial charge in [0.15, 0.2) is 0 Å². The van der Waals surface area contributed by atoms with E-state index in [4.69, 9.17) is 0 Å². The predicted molar refractivity (Wildman–Crippen MR) is 223 cm³/mol. The number of carbonyl (C=O) groups excluding carboxylic acids is 1. The SMILES string of the molecule is CCCCCCC1CCC(c2ccc(-c3ccc(CC(=O)Cc4ccc(-c5ccc(C6CCC(CCCCCC)CC6)cc5)cc4)cc3)cc2)CC1. The molecule has 0 atom stereocenters. The third kappa shape index (κ3) is 11.3. The van der Waals surface area contributed by atoms with Crippen LogP contribution >= 0.6 is 0 Å². The summed E-state index contributed by atoms with van der Waals surface area (Å²) in [6.45, 7) is 4.60. The first kappa shape index (κ1) is 38.3. The van der Waals surface area contributed by atoms with Crippen LogP contribution in [-0.4, -0.2) is 5.78 Å². The Hall–Kier alpha value is -3.45. The van der Waals surface area contributed by atoms with Gasteiger partial charge in [0, 0.05) is 12.8 Å². The summed E-state index contributed by atoms with van der Waals surface area (Å²) in [5, 5.41) is 0. The number of hydrogen-bond donors (Lipinski definition) is 0. The quantitative estimate of drug-likeness (QED) is 0.0948. The maximum Gasteiger partial charge on any atom is 0.141 e. The fourth-order valence-corrected chi connectivity index (χ4v) is 9.33. The molecule has 0 radical (unpaired) electrons. The van der Waals surface area contributed by atoms with Gasteiger partial charge in [-0.25, -0.2) is 0 Å². The van der Waals surface area contributed by atoms with Crippen molar-refractivity contribution < 1.29 is 4.79 Å². The zero-order valence-electron chi connectivity index (χ0n) is 32.6. The van der Waals surface area contributed by atoms with E-state index < -0.39 is 0 Å². The number of unbranched alkanes of at least 4 members (excludes halogenated alkanes) is 6. The van der Waals surface area contributed by atoms with Crippen molar-refractivity contribution in [2.24, 2.45) is 11.8 Å². The van der Waals surface area contributed by atoms with Gasteiger partial charge in [-0.2, -0.15) is 0 Å². The molecule has 6 rings (SSSR count). The largest absolute Gasteiger partial charge is 0.299 e. The molecule has 4 aromatic rings. The number of rotatable bonds is 18. The first-order valence-electron chi connectivity index (χ1n) is 21.5. The van der Waals surface area contributed by atoms with Crippen LogP contribution in [0.1, 0.15) is 164 Å². The second kappa shape index (κ2) is 20.1. The minimum absolute atomic E-state index is 0.264. The number of hydrogen-bond acceptors (Lipinski definition) is 1. The van der Waals surface area contributed by atoms with Crippen LogP contribution in [0.2, 0.25) is 0 Å². The van der Waals surface area contributed by atoms with Gasteiger partial charge in [-0.15, -0.1) is 0 Å². The summed E-state index contributed by atoms with van der Waals surface area (Å²) in [6.07, 6.45) is 26.0. The molecule has 0 amide bonds. The summed E-state index contributed by atoms with van der Waals surface area (Å²) >= 11 is 0. The van der Waals surface area contributed by atoms with E-state index >= 15 is 0 Å². The molecule has 52 heavy (non-hydrogen) atoms. The molecule has 4 aromatic carbocycles. The smallest absolute Gasteiger partial charge is 0.141 e. The van der Waals surface area contributed by atoms with Crippen LogP contribution in [0.25, 0.3) is 22.3 Å². The van der Waals surface area contributed by atoms with E-state index in [1.807, 2.05) is 0 Å². The number of ketones is 1. The van der Waals surface area contributed by atoms with Gasteiger partial charge in [-0.3, -0.25) is 4.79 Å². The Morgan fingerprint density at radius 1 is 0.423 bits per heavy atom. The lowest BCUT2D eigenvalue weighted by Gasteiger charge is -2.29. The lowest BCUT2D eigenvalue weighted by molar-refractivity contribution is -0.117. The van der Waals surface area contributed by atoms with Gasteiger partial charge >= 0.3 is 0 Å². The first-order chi connectivity index (χ1) is 25.6. The van der Waals surface area contributed by atoms with Gasteiger partial charge in [0.1, 0.15) is 5.78 Å². The summed E-state index contributed by atoms with van der Waals surface area (Å²) < 4.78 is 0. The van der Waals surface area contributed by atoms with Crippen LogP contribution in [0.3, 0.4) is 0 Å². The Labute approximate surface area is 317 Å². The molecule has 2 aliphatic rings. The van der Waals surface area contributed by atoms with Crippen molar-refractivity contribution in [3.8, 4) is 22.3 Å². The molecule has 0 saturated heterocycles. The molecule has 1 nitrogen and oxygen atoms in total. The molecule has 0 N–H and O–H groups in total. The van der Waals surface area contributed by atoms with Gasteiger partial charge in [-0.05, 0) is 120 Å². The molecule has 2 saturated carbocycles. The molecule has 0 bridgehead atoms. The fourth-order valence-electron chi connectivity index (χ4n) is 9.33. The molecule has 0 heterocycles. The van der Waals surface area contributed by atoms with Crippen LogP contribution in [-0.2, 0) is 17.6 Å². The van der Waals surface area contributed by atoms with E-state index in [1.165, 1.54) is 149 Å². The Balaban J connectivity index is 0.925. The van der Waals surface area contributed by atoms with Crippen LogP contribution in [0, 0.1) is 11.8 Å². The minimum Gasteiger partial charge on any atom is -0.299 e. The molecular formula is C51H66O. The van der Waals surface area contributed by atoms with Gasteiger partial charge in [-0.1, -0.05) is 175 Å². The predicted octanol–water partition coefficient (Wildman–Crippen LogP) is 14.9. The van der Waals surface area contributed by atoms with Gasteiger partial charge in [0.05, 0.1) is 0 Å². The van der Waals surface area contributed by atoms with Crippen LogP contribution in [0.4, 0.5) is 0 Å². The highest BCUT2D eigenvalue weighted by Crippen LogP contribution is 2.40. The highest BCUT2D eigenvalue weighted by Gasteiger charge is 2.23. The molecular weight excluding hydrogens is 629 g/mol. The van der Waals surface area contributed by atoms with Gasteiger partial charge < -0.3 is 0 Å². The van der Waals surface area contributed by atoms with Gasteiger partial charge in [0.2, 0.25) is 0 Å². The zero-order chi connectivity index (χ0) is 36.0. The third-order valence-corrected chi connectivity index (χ3v) is 12.8. The Morgan fingerprint density at radius 2 is 0.750 bits per heavy atom. The Morgan fingerprint density at radius 3 is 1.08 bits per heavy atom. The van der Waals surface area contributed by atoms with Crippen LogP contribution in [0.5, 0.6) is 0 Å². The van der Waals surface area contributed by atoms with E-state index in [-0.39, 0.29) is 5.78 Å². The molecule has 1 heteroatoms. The summed E-state index contributed by atoms with van der Waals surface area (Å²) in [6, 6.07) is 35.9. The summed E-state index contributed by atoms with van der Waals surface area (Å²) in [4.78, 5) is 13.1. The normalized spacial score (nSPS) is 20.5. The minimum atomic E-state index is 0.264. The molecule has 2 fully saturated rings. The second-order valence-electron chi connectivity index (χ2n) is 16.7. The van der Waals surface area contributed by atoms with Crippen LogP contribution in [0.15, 0.2) is 97.1 Å². The average molecular weight is 695 g/mol. The molecule has 2 aliphatic carbocycles. The monoisotopic (exact) mass is 695 g/mol. The summed E-state index contributed by atoms with van der Waals surface area (Å²) in [7, 11) is 0. The molecule has 0 spiro atoms. The molecule has 276 valence electrons. The molecule has 0 aromatic heterocycles. The average Bonchev–Trinajstić information content (AvgIpc) is 3.19. The number of carbonyl (C=O) groups is 1. The van der Waals surface area contributed by atoms with E-state index in [0.717, 1.165) is 34.8 Å². The fraction of sp³-hybridized carbons (Fsp3) is 0.510. The molecule has 0 unspecified atom stereocenters. The van der Waals surface area contributed by atoms with E-state index in [1.54, 1.807) is 0 Å². The lowest BCUT2D eigenvalue weighted by Crippen LogP contribution is -2.13. The van der Waals surface area contributed by atoms with Crippen molar-refractivity contribution in [1.82, 2.24) is 0 Å². The van der Waals surface area contributed by atoms with E-state index in [0.29, 0.717) is 12.8 Å². The Bertz CT molecular complexity index is 1470.